The van der Waals surface area contributed by atoms with Crippen molar-refractivity contribution in [3.8, 4) is 5.75 Å². The Morgan fingerprint density at radius 2 is 1.61 bits per heavy atom. The van der Waals surface area contributed by atoms with Crippen molar-refractivity contribution in [1.29, 1.82) is 0 Å². The summed E-state index contributed by atoms with van der Waals surface area (Å²) in [5.41, 5.74) is 0.495. The van der Waals surface area contributed by atoms with E-state index in [9.17, 15) is 14.9 Å². The zero-order chi connectivity index (χ0) is 16.2. The van der Waals surface area contributed by atoms with Gasteiger partial charge in [0.15, 0.2) is 0 Å². The minimum Gasteiger partial charge on any atom is -0.506 e. The van der Waals surface area contributed by atoms with Crippen LogP contribution in [0.15, 0.2) is 75.2 Å². The number of hydrogen-bond acceptors (Lipinski definition) is 7. The highest BCUT2D eigenvalue weighted by Crippen LogP contribution is 2.38. The molecular formula is C16H10N4O3. The van der Waals surface area contributed by atoms with E-state index >= 15 is 0 Å². The monoisotopic (exact) mass is 306 g/mol. The topological polar surface area (TPSA) is 104 Å². The number of rotatable bonds is 4. The van der Waals surface area contributed by atoms with Crippen molar-refractivity contribution < 1.29 is 5.11 Å². The molecule has 23 heavy (non-hydrogen) atoms. The van der Waals surface area contributed by atoms with Gasteiger partial charge in [0.2, 0.25) is 0 Å². The third-order valence-corrected chi connectivity index (χ3v) is 3.30. The Morgan fingerprint density at radius 3 is 2.39 bits per heavy atom. The van der Waals surface area contributed by atoms with Crippen LogP contribution in [0, 0.1) is 9.81 Å². The smallest absolute Gasteiger partial charge is 0.143 e. The molecule has 0 saturated heterocycles. The van der Waals surface area contributed by atoms with Crippen LogP contribution in [0.5, 0.6) is 5.75 Å². The summed E-state index contributed by atoms with van der Waals surface area (Å²) in [6.07, 6.45) is 0. The molecule has 0 saturated carbocycles. The lowest BCUT2D eigenvalue weighted by atomic mass is 10.1. The Kier molecular flexibility index (Phi) is 3.84. The number of hydrogen-bond donors (Lipinski definition) is 1. The number of benzene rings is 3. The van der Waals surface area contributed by atoms with Crippen molar-refractivity contribution in [3.63, 3.8) is 0 Å². The van der Waals surface area contributed by atoms with Crippen LogP contribution in [-0.2, 0) is 0 Å². The maximum absolute atomic E-state index is 10.8. The first-order valence-corrected chi connectivity index (χ1v) is 6.66. The first kappa shape index (κ1) is 14.5. The molecule has 0 amide bonds. The molecular weight excluding hydrogens is 296 g/mol. The Hall–Kier alpha value is -3.48. The average Bonchev–Trinajstić information content (AvgIpc) is 2.60. The molecule has 0 unspecified atom stereocenters. The van der Waals surface area contributed by atoms with Gasteiger partial charge in [-0.05, 0) is 40.0 Å². The van der Waals surface area contributed by atoms with Gasteiger partial charge in [-0.2, -0.15) is 0 Å². The lowest BCUT2D eigenvalue weighted by Gasteiger charge is -2.03. The molecule has 3 aromatic carbocycles. The fraction of sp³-hybridized carbons (Fsp3) is 0. The summed E-state index contributed by atoms with van der Waals surface area (Å²) in [6.45, 7) is 0. The molecule has 0 spiro atoms. The Labute approximate surface area is 130 Å². The third kappa shape index (κ3) is 2.80. The van der Waals surface area contributed by atoms with E-state index in [4.69, 9.17) is 0 Å². The highest BCUT2D eigenvalue weighted by molar-refractivity contribution is 5.95. The molecule has 112 valence electrons. The summed E-state index contributed by atoms with van der Waals surface area (Å²) in [4.78, 5) is 21.3. The van der Waals surface area contributed by atoms with Gasteiger partial charge in [-0.1, -0.05) is 30.3 Å². The van der Waals surface area contributed by atoms with Crippen molar-refractivity contribution in [2.24, 2.45) is 20.6 Å². The molecule has 1 N–H and O–H groups in total. The number of phenols is 1. The lowest BCUT2D eigenvalue weighted by Crippen LogP contribution is -1.75. The van der Waals surface area contributed by atoms with Crippen LogP contribution in [0.3, 0.4) is 0 Å². The fourth-order valence-electron chi connectivity index (χ4n) is 2.18. The number of phenolic OH excluding ortho intramolecular Hbond substituents is 1. The van der Waals surface area contributed by atoms with Gasteiger partial charge < -0.3 is 5.11 Å². The number of aromatic hydroxyl groups is 1. The van der Waals surface area contributed by atoms with Crippen molar-refractivity contribution >= 4 is 33.5 Å². The molecule has 0 aliphatic carbocycles. The Balaban J connectivity index is 2.09. The van der Waals surface area contributed by atoms with E-state index in [2.05, 4.69) is 20.6 Å². The molecule has 3 aromatic rings. The minimum atomic E-state index is -0.0504. The second kappa shape index (κ2) is 6.10. The van der Waals surface area contributed by atoms with Crippen LogP contribution in [0.1, 0.15) is 0 Å². The number of nitroso groups, excluding NO2 is 2. The maximum Gasteiger partial charge on any atom is 0.143 e. The van der Waals surface area contributed by atoms with Gasteiger partial charge in [0.1, 0.15) is 28.5 Å². The SMILES string of the molecule is O=Nc1ccc(N=Nc2c(O)ccc3ccccc23)c(N=O)c1. The number of azo groups is 1. The van der Waals surface area contributed by atoms with Gasteiger partial charge in [-0.25, -0.2) is 0 Å². The number of nitrogens with zero attached hydrogens (tertiary/aromatic N) is 4. The van der Waals surface area contributed by atoms with Crippen LogP contribution < -0.4 is 0 Å². The van der Waals surface area contributed by atoms with E-state index in [1.807, 2.05) is 24.3 Å². The van der Waals surface area contributed by atoms with Crippen LogP contribution >= 0.6 is 0 Å². The molecule has 0 aliphatic rings. The van der Waals surface area contributed by atoms with E-state index < -0.39 is 0 Å². The predicted molar refractivity (Wildman–Crippen MR) is 87.1 cm³/mol. The fourth-order valence-corrected chi connectivity index (χ4v) is 2.18. The van der Waals surface area contributed by atoms with Crippen LogP contribution in [0.2, 0.25) is 0 Å². The van der Waals surface area contributed by atoms with E-state index in [0.29, 0.717) is 0 Å². The highest BCUT2D eigenvalue weighted by atomic mass is 16.3. The summed E-state index contributed by atoms with van der Waals surface area (Å²) >= 11 is 0. The molecule has 0 bridgehead atoms. The quantitative estimate of drug-likeness (QED) is 0.489. The predicted octanol–water partition coefficient (Wildman–Crippen LogP) is 5.76. The van der Waals surface area contributed by atoms with Crippen molar-refractivity contribution in [2.75, 3.05) is 0 Å². The lowest BCUT2D eigenvalue weighted by molar-refractivity contribution is 0.477. The van der Waals surface area contributed by atoms with Crippen LogP contribution in [-0.4, -0.2) is 5.11 Å². The van der Waals surface area contributed by atoms with E-state index in [-0.39, 0.29) is 28.5 Å². The van der Waals surface area contributed by atoms with Crippen molar-refractivity contribution in [2.45, 2.75) is 0 Å². The Bertz CT molecular complexity index is 938. The molecule has 7 heteroatoms. The molecule has 0 aromatic heterocycles. The third-order valence-electron chi connectivity index (χ3n) is 3.30. The second-order valence-electron chi connectivity index (χ2n) is 4.71. The van der Waals surface area contributed by atoms with E-state index in [1.54, 1.807) is 6.07 Å². The molecule has 0 fully saturated rings. The van der Waals surface area contributed by atoms with Gasteiger partial charge in [0.05, 0.1) is 0 Å². The maximum atomic E-state index is 10.8. The summed E-state index contributed by atoms with van der Waals surface area (Å²) in [6, 6.07) is 14.7. The molecule has 0 aliphatic heterocycles. The van der Waals surface area contributed by atoms with Crippen LogP contribution in [0.4, 0.5) is 22.7 Å². The van der Waals surface area contributed by atoms with E-state index in [1.165, 1.54) is 24.3 Å². The molecule has 3 rings (SSSR count). The largest absolute Gasteiger partial charge is 0.506 e. The standard InChI is InChI=1S/C16H10N4O3/c21-15-8-5-10-3-1-2-4-12(10)16(15)18-17-13-7-6-11(19-22)9-14(13)20-23/h1-9,21H. The summed E-state index contributed by atoms with van der Waals surface area (Å²) in [7, 11) is 0. The normalized spacial score (nSPS) is 11.0. The summed E-state index contributed by atoms with van der Waals surface area (Å²) in [5, 5.41) is 25.2. The summed E-state index contributed by atoms with van der Waals surface area (Å²) in [5.74, 6) is -0.0285. The molecule has 0 atom stereocenters. The van der Waals surface area contributed by atoms with Gasteiger partial charge in [0, 0.05) is 5.39 Å². The van der Waals surface area contributed by atoms with Crippen LogP contribution in [0.25, 0.3) is 10.8 Å². The first-order chi connectivity index (χ1) is 11.2. The molecule has 0 radical (unpaired) electrons. The van der Waals surface area contributed by atoms with Gasteiger partial charge in [-0.3, -0.25) is 0 Å². The second-order valence-corrected chi connectivity index (χ2v) is 4.71. The minimum absolute atomic E-state index is 0.0285. The van der Waals surface area contributed by atoms with Gasteiger partial charge >= 0.3 is 0 Å². The van der Waals surface area contributed by atoms with Gasteiger partial charge in [-0.15, -0.1) is 20.0 Å². The highest BCUT2D eigenvalue weighted by Gasteiger charge is 2.08. The first-order valence-electron chi connectivity index (χ1n) is 6.66. The average molecular weight is 306 g/mol. The number of fused-ring (bicyclic) bond motifs is 1. The summed E-state index contributed by atoms with van der Waals surface area (Å²) < 4.78 is 0. The van der Waals surface area contributed by atoms with Crippen molar-refractivity contribution in [1.82, 2.24) is 0 Å². The zero-order valence-electron chi connectivity index (χ0n) is 11.7. The molecule has 0 heterocycles. The Morgan fingerprint density at radius 1 is 0.783 bits per heavy atom. The van der Waals surface area contributed by atoms with E-state index in [0.717, 1.165) is 10.8 Å². The molecule has 7 nitrogen and oxygen atoms in total. The van der Waals surface area contributed by atoms with Gasteiger partial charge in [0.25, 0.3) is 0 Å². The van der Waals surface area contributed by atoms with Crippen molar-refractivity contribution in [3.05, 3.63) is 64.4 Å². The zero-order valence-corrected chi connectivity index (χ0v) is 11.7.